The second-order valence-electron chi connectivity index (χ2n) is 4.79. The first-order valence-electron chi connectivity index (χ1n) is 6.42. The molecular weight excluding hydrogens is 362 g/mol. The summed E-state index contributed by atoms with van der Waals surface area (Å²) in [5.74, 6) is -1.10. The lowest BCUT2D eigenvalue weighted by Crippen LogP contribution is -2.40. The average molecular weight is 378 g/mol. The van der Waals surface area contributed by atoms with E-state index in [4.69, 9.17) is 9.84 Å². The Bertz CT molecular complexity index is 638. The number of benzene rings is 1. The lowest BCUT2D eigenvalue weighted by molar-refractivity contribution is 0.0604. The van der Waals surface area contributed by atoms with Crippen molar-refractivity contribution < 1.29 is 23.1 Å². The first-order chi connectivity index (χ1) is 9.86. The number of sulfonamides is 1. The number of carboxylic acids is 1. The number of ether oxygens (including phenoxy) is 1. The molecule has 1 aliphatic heterocycles. The van der Waals surface area contributed by atoms with Crippen LogP contribution in [0.4, 0.5) is 0 Å². The van der Waals surface area contributed by atoms with Crippen molar-refractivity contribution in [3.63, 3.8) is 0 Å². The van der Waals surface area contributed by atoms with Crippen LogP contribution >= 0.6 is 15.9 Å². The molecule has 1 heterocycles. The minimum atomic E-state index is -3.63. The third-order valence-electron chi connectivity index (χ3n) is 3.53. The Morgan fingerprint density at radius 2 is 2.00 bits per heavy atom. The molecule has 0 amide bonds. The number of carboxylic acid groups (broad SMARTS) is 1. The van der Waals surface area contributed by atoms with Crippen LogP contribution in [0.25, 0.3) is 0 Å². The molecule has 1 aromatic rings. The van der Waals surface area contributed by atoms with E-state index in [1.54, 1.807) is 7.11 Å². The van der Waals surface area contributed by atoms with E-state index >= 15 is 0 Å². The monoisotopic (exact) mass is 377 g/mol. The Hall–Kier alpha value is -0.960. The summed E-state index contributed by atoms with van der Waals surface area (Å²) in [5, 5.41) is 8.91. The van der Waals surface area contributed by atoms with Gasteiger partial charge in [-0.3, -0.25) is 0 Å². The number of piperidine rings is 1. The van der Waals surface area contributed by atoms with E-state index in [0.29, 0.717) is 25.9 Å². The fourth-order valence-electron chi connectivity index (χ4n) is 2.29. The zero-order valence-corrected chi connectivity index (χ0v) is 13.9. The van der Waals surface area contributed by atoms with E-state index in [2.05, 4.69) is 15.9 Å². The summed E-state index contributed by atoms with van der Waals surface area (Å²) in [6.07, 6.45) is 1.40. The fraction of sp³-hybridized carbons (Fsp3) is 0.462. The second kappa shape index (κ2) is 6.43. The molecule has 0 radical (unpaired) electrons. The van der Waals surface area contributed by atoms with E-state index in [1.807, 2.05) is 0 Å². The molecule has 0 atom stereocenters. The van der Waals surface area contributed by atoms with Crippen molar-refractivity contribution in [3.8, 4) is 0 Å². The Morgan fingerprint density at radius 3 is 2.48 bits per heavy atom. The predicted molar refractivity (Wildman–Crippen MR) is 79.9 cm³/mol. The maximum absolute atomic E-state index is 12.6. The van der Waals surface area contributed by atoms with Gasteiger partial charge in [0.05, 0.1) is 16.6 Å². The molecule has 0 aromatic heterocycles. The van der Waals surface area contributed by atoms with Gasteiger partial charge in [-0.25, -0.2) is 13.2 Å². The standard InChI is InChI=1S/C13H16BrNO5S/c1-20-10-4-6-15(7-5-10)21(18,19)12-3-2-9(13(16)17)8-11(12)14/h2-3,8,10H,4-7H2,1H3,(H,16,17). The quantitative estimate of drug-likeness (QED) is 0.866. The smallest absolute Gasteiger partial charge is 0.335 e. The minimum Gasteiger partial charge on any atom is -0.478 e. The van der Waals surface area contributed by atoms with Crippen molar-refractivity contribution in [2.24, 2.45) is 0 Å². The van der Waals surface area contributed by atoms with Gasteiger partial charge in [0, 0.05) is 24.7 Å². The molecular formula is C13H16BrNO5S. The highest BCUT2D eigenvalue weighted by atomic mass is 79.9. The Morgan fingerprint density at radius 1 is 1.38 bits per heavy atom. The zero-order valence-electron chi connectivity index (χ0n) is 11.5. The molecule has 1 N–H and O–H groups in total. The van der Waals surface area contributed by atoms with Crippen LogP contribution in [-0.2, 0) is 14.8 Å². The highest BCUT2D eigenvalue weighted by Crippen LogP contribution is 2.28. The Balaban J connectivity index is 2.26. The lowest BCUT2D eigenvalue weighted by Gasteiger charge is -2.30. The maximum atomic E-state index is 12.6. The molecule has 1 fully saturated rings. The number of carbonyl (C=O) groups is 1. The van der Waals surface area contributed by atoms with E-state index in [-0.39, 0.29) is 21.0 Å². The van der Waals surface area contributed by atoms with Gasteiger partial charge in [-0.1, -0.05) is 0 Å². The van der Waals surface area contributed by atoms with Crippen LogP contribution in [0.1, 0.15) is 23.2 Å². The molecule has 0 spiro atoms. The van der Waals surface area contributed by atoms with Crippen LogP contribution in [0.2, 0.25) is 0 Å². The highest BCUT2D eigenvalue weighted by Gasteiger charge is 2.30. The average Bonchev–Trinajstić information content (AvgIpc) is 2.46. The number of aromatic carboxylic acids is 1. The van der Waals surface area contributed by atoms with Crippen molar-refractivity contribution in [3.05, 3.63) is 28.2 Å². The summed E-state index contributed by atoms with van der Waals surface area (Å²) in [6.45, 7) is 0.794. The fourth-order valence-corrected chi connectivity index (χ4v) is 4.80. The van der Waals surface area contributed by atoms with Crippen LogP contribution < -0.4 is 0 Å². The van der Waals surface area contributed by atoms with Gasteiger partial charge in [0.15, 0.2) is 0 Å². The van der Waals surface area contributed by atoms with Crippen LogP contribution in [0.3, 0.4) is 0 Å². The predicted octanol–water partition coefficient (Wildman–Crippen LogP) is 1.95. The summed E-state index contributed by atoms with van der Waals surface area (Å²) in [5.41, 5.74) is 0.0407. The number of rotatable bonds is 4. The van der Waals surface area contributed by atoms with Gasteiger partial charge in [0.25, 0.3) is 0 Å². The van der Waals surface area contributed by atoms with Crippen molar-refractivity contribution in [2.45, 2.75) is 23.8 Å². The van der Waals surface area contributed by atoms with Crippen LogP contribution in [0.15, 0.2) is 27.6 Å². The number of hydrogen-bond donors (Lipinski definition) is 1. The molecule has 2 rings (SSSR count). The molecule has 1 aliphatic rings. The topological polar surface area (TPSA) is 83.9 Å². The summed E-state index contributed by atoms with van der Waals surface area (Å²) in [6, 6.07) is 3.92. The van der Waals surface area contributed by atoms with Crippen LogP contribution in [0, 0.1) is 0 Å². The largest absolute Gasteiger partial charge is 0.478 e. The normalized spacial score (nSPS) is 17.8. The van der Waals surface area contributed by atoms with Gasteiger partial charge >= 0.3 is 5.97 Å². The molecule has 0 saturated carbocycles. The SMILES string of the molecule is COC1CCN(S(=O)(=O)c2ccc(C(=O)O)cc2Br)CC1. The molecule has 116 valence electrons. The molecule has 8 heteroatoms. The summed E-state index contributed by atoms with van der Waals surface area (Å²) in [7, 11) is -2.01. The summed E-state index contributed by atoms with van der Waals surface area (Å²) >= 11 is 3.15. The Kier molecular flexibility index (Phi) is 5.03. The molecule has 0 bridgehead atoms. The van der Waals surface area contributed by atoms with Crippen molar-refractivity contribution in [1.29, 1.82) is 0 Å². The maximum Gasteiger partial charge on any atom is 0.335 e. The number of hydrogen-bond acceptors (Lipinski definition) is 4. The van der Waals surface area contributed by atoms with E-state index < -0.39 is 16.0 Å². The third kappa shape index (κ3) is 3.45. The zero-order chi connectivity index (χ0) is 15.6. The molecule has 6 nitrogen and oxygen atoms in total. The van der Waals surface area contributed by atoms with Gasteiger partial charge < -0.3 is 9.84 Å². The van der Waals surface area contributed by atoms with Gasteiger partial charge in [-0.05, 0) is 47.0 Å². The molecule has 1 saturated heterocycles. The van der Waals surface area contributed by atoms with Crippen molar-refractivity contribution >= 4 is 31.9 Å². The summed E-state index contributed by atoms with van der Waals surface area (Å²) in [4.78, 5) is 11.0. The minimum absolute atomic E-state index is 0.0407. The second-order valence-corrected chi connectivity index (χ2v) is 7.55. The van der Waals surface area contributed by atoms with Gasteiger partial charge in [0.2, 0.25) is 10.0 Å². The van der Waals surface area contributed by atoms with E-state index in [0.717, 1.165) is 0 Å². The van der Waals surface area contributed by atoms with Crippen LogP contribution in [0.5, 0.6) is 0 Å². The van der Waals surface area contributed by atoms with Gasteiger partial charge in [-0.2, -0.15) is 4.31 Å². The van der Waals surface area contributed by atoms with E-state index in [9.17, 15) is 13.2 Å². The molecule has 21 heavy (non-hydrogen) atoms. The lowest BCUT2D eigenvalue weighted by atomic mass is 10.1. The number of methoxy groups -OCH3 is 1. The molecule has 0 unspecified atom stereocenters. The van der Waals surface area contributed by atoms with Gasteiger partial charge in [-0.15, -0.1) is 0 Å². The third-order valence-corrected chi connectivity index (χ3v) is 6.41. The van der Waals surface area contributed by atoms with E-state index in [1.165, 1.54) is 22.5 Å². The first kappa shape index (κ1) is 16.4. The number of halogens is 1. The van der Waals surface area contributed by atoms with Crippen molar-refractivity contribution in [2.75, 3.05) is 20.2 Å². The first-order valence-corrected chi connectivity index (χ1v) is 8.65. The summed E-state index contributed by atoms with van der Waals surface area (Å²) < 4.78 is 32.1. The van der Waals surface area contributed by atoms with Crippen LogP contribution in [-0.4, -0.2) is 50.1 Å². The molecule has 1 aromatic carbocycles. The highest BCUT2D eigenvalue weighted by molar-refractivity contribution is 9.10. The van der Waals surface area contributed by atoms with Gasteiger partial charge in [0.1, 0.15) is 0 Å². The van der Waals surface area contributed by atoms with Crippen molar-refractivity contribution in [1.82, 2.24) is 4.31 Å². The Labute approximate surface area is 131 Å². The molecule has 0 aliphatic carbocycles. The number of nitrogens with zero attached hydrogens (tertiary/aromatic N) is 1.